The lowest BCUT2D eigenvalue weighted by Crippen LogP contribution is -2.43. The first-order valence-corrected chi connectivity index (χ1v) is 6.00. The van der Waals surface area contributed by atoms with E-state index in [4.69, 9.17) is 16.0 Å². The Morgan fingerprint density at radius 2 is 2.38 bits per heavy atom. The van der Waals surface area contributed by atoms with Crippen LogP contribution in [-0.4, -0.2) is 29.3 Å². The lowest BCUT2D eigenvalue weighted by atomic mass is 9.99. The maximum atomic E-state index is 12.1. The number of piperidine rings is 1. The number of hydrogen-bond acceptors (Lipinski definition) is 2. The minimum absolute atomic E-state index is 0.0158. The van der Waals surface area contributed by atoms with Crippen molar-refractivity contribution in [1.82, 2.24) is 4.90 Å². The molecule has 0 aromatic carbocycles. The highest BCUT2D eigenvalue weighted by atomic mass is 35.5. The van der Waals surface area contributed by atoms with E-state index in [0.717, 1.165) is 18.5 Å². The number of hydrogen-bond donors (Lipinski definition) is 0. The Balaban J connectivity index is 2.09. The first-order chi connectivity index (χ1) is 7.59. The van der Waals surface area contributed by atoms with Gasteiger partial charge in [-0.3, -0.25) is 4.79 Å². The maximum absolute atomic E-state index is 12.1. The first kappa shape index (κ1) is 11.5. The van der Waals surface area contributed by atoms with Crippen molar-refractivity contribution in [2.75, 3.05) is 13.1 Å². The van der Waals surface area contributed by atoms with Gasteiger partial charge >= 0.3 is 0 Å². The van der Waals surface area contributed by atoms with Crippen LogP contribution in [0.1, 0.15) is 29.5 Å². The number of nitrogens with zero attached hydrogens (tertiary/aromatic N) is 1. The molecule has 88 valence electrons. The number of carbonyl (C=O) groups excluding carboxylic acids is 1. The predicted octanol–water partition coefficient (Wildman–Crippen LogP) is 2.68. The van der Waals surface area contributed by atoms with Crippen molar-refractivity contribution < 1.29 is 9.21 Å². The second-order valence-corrected chi connectivity index (χ2v) is 5.03. The number of halogens is 1. The lowest BCUT2D eigenvalue weighted by Gasteiger charge is -2.33. The zero-order valence-electron chi connectivity index (χ0n) is 9.57. The molecule has 2 heterocycles. The van der Waals surface area contributed by atoms with Gasteiger partial charge in [-0.2, -0.15) is 0 Å². The molecule has 0 N–H and O–H groups in total. The average Bonchev–Trinajstić information content (AvgIpc) is 2.67. The van der Waals surface area contributed by atoms with Crippen molar-refractivity contribution >= 4 is 17.5 Å². The normalized spacial score (nSPS) is 25.8. The maximum Gasteiger partial charge on any atom is 0.289 e. The smallest absolute Gasteiger partial charge is 0.289 e. The fourth-order valence-corrected chi connectivity index (χ4v) is 2.21. The first-order valence-electron chi connectivity index (χ1n) is 5.57. The molecule has 0 saturated carbocycles. The van der Waals surface area contributed by atoms with Crippen LogP contribution in [0.5, 0.6) is 0 Å². The Morgan fingerprint density at radius 3 is 2.94 bits per heavy atom. The van der Waals surface area contributed by atoms with E-state index >= 15 is 0 Å². The largest absolute Gasteiger partial charge is 0.459 e. The summed E-state index contributed by atoms with van der Waals surface area (Å²) in [6.45, 7) is 5.39. The topological polar surface area (TPSA) is 33.5 Å². The summed E-state index contributed by atoms with van der Waals surface area (Å²) >= 11 is 6.13. The molecular formula is C12H16ClNO2. The fraction of sp³-hybridized carbons (Fsp3) is 0.583. The van der Waals surface area contributed by atoms with E-state index in [2.05, 4.69) is 6.92 Å². The summed E-state index contributed by atoms with van der Waals surface area (Å²) in [6.07, 6.45) is 2.41. The van der Waals surface area contributed by atoms with Gasteiger partial charge in [0.15, 0.2) is 5.76 Å². The minimum atomic E-state index is -0.0158. The molecule has 1 aromatic heterocycles. The number of rotatable bonds is 1. The van der Waals surface area contributed by atoms with Crippen LogP contribution >= 0.6 is 11.6 Å². The van der Waals surface area contributed by atoms with Crippen molar-refractivity contribution in [2.45, 2.75) is 25.6 Å². The molecule has 0 bridgehead atoms. The summed E-state index contributed by atoms with van der Waals surface area (Å²) in [7, 11) is 0. The van der Waals surface area contributed by atoms with E-state index in [0.29, 0.717) is 18.2 Å². The van der Waals surface area contributed by atoms with Gasteiger partial charge in [-0.1, -0.05) is 6.92 Å². The summed E-state index contributed by atoms with van der Waals surface area (Å²) in [5.41, 5.74) is 0.894. The van der Waals surface area contributed by atoms with E-state index in [-0.39, 0.29) is 11.3 Å². The molecule has 3 nitrogen and oxygen atoms in total. The van der Waals surface area contributed by atoms with Gasteiger partial charge < -0.3 is 9.32 Å². The minimum Gasteiger partial charge on any atom is -0.459 e. The summed E-state index contributed by atoms with van der Waals surface area (Å²) < 4.78 is 5.22. The number of furan rings is 1. The number of amides is 1. The quantitative estimate of drug-likeness (QED) is 0.709. The average molecular weight is 242 g/mol. The van der Waals surface area contributed by atoms with Gasteiger partial charge in [-0.15, -0.1) is 11.6 Å². The third-order valence-electron chi connectivity index (χ3n) is 3.14. The molecule has 16 heavy (non-hydrogen) atoms. The number of aryl methyl sites for hydroxylation is 1. The molecule has 2 rings (SSSR count). The van der Waals surface area contributed by atoms with Crippen LogP contribution in [0.2, 0.25) is 0 Å². The van der Waals surface area contributed by atoms with Crippen molar-refractivity contribution in [2.24, 2.45) is 5.92 Å². The molecule has 4 heteroatoms. The van der Waals surface area contributed by atoms with Gasteiger partial charge in [0.25, 0.3) is 5.91 Å². The van der Waals surface area contributed by atoms with E-state index in [1.54, 1.807) is 6.26 Å². The monoisotopic (exact) mass is 241 g/mol. The fourth-order valence-electron chi connectivity index (χ4n) is 2.04. The molecule has 1 aromatic rings. The zero-order valence-corrected chi connectivity index (χ0v) is 10.3. The molecule has 2 atom stereocenters. The van der Waals surface area contributed by atoms with E-state index in [9.17, 15) is 4.79 Å². The molecule has 0 radical (unpaired) electrons. The molecule has 0 spiro atoms. The Morgan fingerprint density at radius 1 is 1.62 bits per heavy atom. The van der Waals surface area contributed by atoms with Crippen LogP contribution in [-0.2, 0) is 0 Å². The Hall–Kier alpha value is -0.960. The van der Waals surface area contributed by atoms with Crippen LogP contribution in [0, 0.1) is 12.8 Å². The molecule has 1 aliphatic heterocycles. The third-order valence-corrected chi connectivity index (χ3v) is 3.79. The predicted molar refractivity (Wildman–Crippen MR) is 62.8 cm³/mol. The second kappa shape index (κ2) is 4.50. The van der Waals surface area contributed by atoms with Crippen LogP contribution in [0.25, 0.3) is 0 Å². The summed E-state index contributed by atoms with van der Waals surface area (Å²) in [6, 6.07) is 1.81. The van der Waals surface area contributed by atoms with Gasteiger partial charge in [0.05, 0.1) is 6.26 Å². The molecule has 1 saturated heterocycles. The van der Waals surface area contributed by atoms with Gasteiger partial charge in [-0.25, -0.2) is 0 Å². The van der Waals surface area contributed by atoms with E-state index in [1.165, 1.54) is 0 Å². The molecular weight excluding hydrogens is 226 g/mol. The summed E-state index contributed by atoms with van der Waals surface area (Å²) in [5, 5.41) is 0.182. The number of likely N-dealkylation sites (tertiary alicyclic amines) is 1. The third kappa shape index (κ3) is 2.09. The van der Waals surface area contributed by atoms with Gasteiger partial charge in [0.2, 0.25) is 0 Å². The second-order valence-electron chi connectivity index (χ2n) is 4.47. The Kier molecular flexibility index (Phi) is 3.24. The molecule has 1 amide bonds. The highest BCUT2D eigenvalue weighted by molar-refractivity contribution is 6.20. The van der Waals surface area contributed by atoms with Gasteiger partial charge in [0.1, 0.15) is 0 Å². The van der Waals surface area contributed by atoms with Crippen molar-refractivity contribution in [1.29, 1.82) is 0 Å². The zero-order chi connectivity index (χ0) is 11.7. The molecule has 2 unspecified atom stereocenters. The van der Waals surface area contributed by atoms with Crippen LogP contribution < -0.4 is 0 Å². The van der Waals surface area contributed by atoms with Gasteiger partial charge in [0, 0.05) is 24.0 Å². The van der Waals surface area contributed by atoms with E-state index < -0.39 is 0 Å². The number of alkyl halides is 1. The molecule has 1 aliphatic rings. The molecule has 0 aliphatic carbocycles. The van der Waals surface area contributed by atoms with Crippen LogP contribution in [0.3, 0.4) is 0 Å². The Labute approximate surface area is 100 Å². The van der Waals surface area contributed by atoms with Crippen molar-refractivity contribution in [3.8, 4) is 0 Å². The summed E-state index contributed by atoms with van der Waals surface area (Å²) in [4.78, 5) is 14.0. The van der Waals surface area contributed by atoms with Crippen LogP contribution in [0.4, 0.5) is 0 Å². The molecule has 1 fully saturated rings. The Bertz CT molecular complexity index is 388. The highest BCUT2D eigenvalue weighted by Gasteiger charge is 2.29. The van der Waals surface area contributed by atoms with Gasteiger partial charge in [-0.05, 0) is 25.3 Å². The SMILES string of the molecule is Cc1ccoc1C(=O)N1CCC(Cl)C(C)C1. The number of carbonyl (C=O) groups is 1. The van der Waals surface area contributed by atoms with Crippen LogP contribution in [0.15, 0.2) is 16.7 Å². The summed E-state index contributed by atoms with van der Waals surface area (Å²) in [5.74, 6) is 0.785. The van der Waals surface area contributed by atoms with E-state index in [1.807, 2.05) is 17.9 Å². The standard InChI is InChI=1S/C12H16ClNO2/c1-8-4-6-16-11(8)12(15)14-5-3-10(13)9(2)7-14/h4,6,9-10H,3,5,7H2,1-2H3. The lowest BCUT2D eigenvalue weighted by molar-refractivity contribution is 0.0654. The van der Waals surface area contributed by atoms with Crippen molar-refractivity contribution in [3.63, 3.8) is 0 Å². The van der Waals surface area contributed by atoms with Crippen molar-refractivity contribution in [3.05, 3.63) is 23.7 Å². The highest BCUT2D eigenvalue weighted by Crippen LogP contribution is 2.23.